The number of nitrogens with one attached hydrogen (secondary N) is 1. The molecule has 2 aliphatic heterocycles. The van der Waals surface area contributed by atoms with Crippen LogP contribution in [-0.2, 0) is 26.2 Å². The Kier molecular flexibility index (Phi) is 3.48. The van der Waals surface area contributed by atoms with Crippen LogP contribution < -0.4 is 5.32 Å². The topological polar surface area (TPSA) is 93.5 Å². The molecule has 8 heteroatoms. The molecule has 118 valence electrons. The number of hydrogen-bond acceptors (Lipinski definition) is 6. The van der Waals surface area contributed by atoms with Crippen LogP contribution in [0, 0.1) is 11.8 Å². The maximum Gasteiger partial charge on any atom is 0.323 e. The number of imide groups is 1. The lowest BCUT2D eigenvalue weighted by Crippen LogP contribution is -2.43. The summed E-state index contributed by atoms with van der Waals surface area (Å²) in [6.07, 6.45) is 3.38. The average Bonchev–Trinajstić information content (AvgIpc) is 3.15. The quantitative estimate of drug-likeness (QED) is 0.582. The lowest BCUT2D eigenvalue weighted by Gasteiger charge is -2.20. The number of nitrogens with zero attached hydrogens (tertiary/aromatic N) is 3. The molecule has 0 saturated carbocycles. The van der Waals surface area contributed by atoms with Crippen molar-refractivity contribution in [2.24, 2.45) is 18.9 Å². The van der Waals surface area contributed by atoms with E-state index in [1.807, 2.05) is 7.05 Å². The largest absolute Gasteiger partial charge is 0.468 e. The number of methoxy groups -OCH3 is 1. The molecule has 1 aromatic heterocycles. The third kappa shape index (κ3) is 1.87. The van der Waals surface area contributed by atoms with Gasteiger partial charge in [-0.05, 0) is 6.92 Å². The molecule has 8 nitrogen and oxygen atoms in total. The van der Waals surface area contributed by atoms with Gasteiger partial charge in [0.1, 0.15) is 11.9 Å². The summed E-state index contributed by atoms with van der Waals surface area (Å²) in [4.78, 5) is 42.5. The van der Waals surface area contributed by atoms with Crippen LogP contribution in [0.3, 0.4) is 0 Å². The SMILES string of the molecule is CCN1C(=O)[C@@H]2[C@H](C1=O)[C@H](C(=O)OC)N[C@@H]2c1nccn1C. The molecule has 0 aromatic carbocycles. The predicted molar refractivity (Wildman–Crippen MR) is 74.3 cm³/mol. The summed E-state index contributed by atoms with van der Waals surface area (Å²) in [5.41, 5.74) is 0. The van der Waals surface area contributed by atoms with Crippen molar-refractivity contribution in [1.82, 2.24) is 19.8 Å². The Morgan fingerprint density at radius 1 is 1.36 bits per heavy atom. The van der Waals surface area contributed by atoms with E-state index in [0.717, 1.165) is 0 Å². The Bertz CT molecular complexity index is 641. The number of hydrogen-bond donors (Lipinski definition) is 1. The van der Waals surface area contributed by atoms with Crippen molar-refractivity contribution in [3.63, 3.8) is 0 Å². The highest BCUT2D eigenvalue weighted by Crippen LogP contribution is 2.43. The van der Waals surface area contributed by atoms with Gasteiger partial charge in [0.25, 0.3) is 0 Å². The number of aryl methyl sites for hydroxylation is 1. The van der Waals surface area contributed by atoms with Crippen LogP contribution in [-0.4, -0.2) is 51.9 Å². The van der Waals surface area contributed by atoms with E-state index in [1.165, 1.54) is 12.0 Å². The van der Waals surface area contributed by atoms with E-state index in [9.17, 15) is 14.4 Å². The van der Waals surface area contributed by atoms with Gasteiger partial charge in [-0.1, -0.05) is 0 Å². The lowest BCUT2D eigenvalue weighted by molar-refractivity contribution is -0.148. The zero-order valence-corrected chi connectivity index (χ0v) is 12.6. The van der Waals surface area contributed by atoms with E-state index >= 15 is 0 Å². The second kappa shape index (κ2) is 5.20. The molecule has 3 rings (SSSR count). The van der Waals surface area contributed by atoms with E-state index in [4.69, 9.17) is 4.74 Å². The molecule has 0 unspecified atom stereocenters. The Morgan fingerprint density at radius 2 is 2.05 bits per heavy atom. The number of likely N-dealkylation sites (tertiary alicyclic amines) is 1. The first-order valence-corrected chi connectivity index (χ1v) is 7.17. The molecule has 2 saturated heterocycles. The van der Waals surface area contributed by atoms with Crippen LogP contribution in [0.4, 0.5) is 0 Å². The first kappa shape index (κ1) is 14.7. The minimum Gasteiger partial charge on any atom is -0.468 e. The monoisotopic (exact) mass is 306 g/mol. The summed E-state index contributed by atoms with van der Waals surface area (Å²) in [7, 11) is 3.08. The highest BCUT2D eigenvalue weighted by Gasteiger charge is 2.61. The summed E-state index contributed by atoms with van der Waals surface area (Å²) in [5, 5.41) is 3.07. The maximum atomic E-state index is 12.6. The van der Waals surface area contributed by atoms with E-state index in [-0.39, 0.29) is 11.8 Å². The molecule has 0 spiro atoms. The van der Waals surface area contributed by atoms with Crippen LogP contribution in [0.25, 0.3) is 0 Å². The van der Waals surface area contributed by atoms with Gasteiger partial charge in [-0.25, -0.2) is 4.98 Å². The second-order valence-corrected chi connectivity index (χ2v) is 5.51. The summed E-state index contributed by atoms with van der Waals surface area (Å²) < 4.78 is 6.56. The van der Waals surface area contributed by atoms with Gasteiger partial charge in [0.15, 0.2) is 0 Å². The summed E-state index contributed by atoms with van der Waals surface area (Å²) in [6.45, 7) is 2.04. The Morgan fingerprint density at radius 3 is 2.59 bits per heavy atom. The normalized spacial score (nSPS) is 30.8. The minimum absolute atomic E-state index is 0.260. The van der Waals surface area contributed by atoms with Gasteiger partial charge in [-0.3, -0.25) is 24.6 Å². The van der Waals surface area contributed by atoms with Gasteiger partial charge < -0.3 is 9.30 Å². The second-order valence-electron chi connectivity index (χ2n) is 5.51. The van der Waals surface area contributed by atoms with Crippen molar-refractivity contribution in [3.05, 3.63) is 18.2 Å². The molecule has 2 amide bonds. The van der Waals surface area contributed by atoms with E-state index < -0.39 is 29.9 Å². The Hall–Kier alpha value is -2.22. The first-order chi connectivity index (χ1) is 10.5. The number of fused-ring (bicyclic) bond motifs is 1. The number of carbonyl (C=O) groups is 3. The van der Waals surface area contributed by atoms with Crippen molar-refractivity contribution in [1.29, 1.82) is 0 Å². The Labute approximate surface area is 127 Å². The number of rotatable bonds is 3. The molecular weight excluding hydrogens is 288 g/mol. The van der Waals surface area contributed by atoms with Gasteiger partial charge in [0, 0.05) is 26.0 Å². The van der Waals surface area contributed by atoms with Crippen molar-refractivity contribution in [2.75, 3.05) is 13.7 Å². The van der Waals surface area contributed by atoms with Gasteiger partial charge in [0.05, 0.1) is 25.0 Å². The molecule has 22 heavy (non-hydrogen) atoms. The lowest BCUT2D eigenvalue weighted by atomic mass is 9.89. The minimum atomic E-state index is -0.829. The van der Waals surface area contributed by atoms with Gasteiger partial charge in [-0.2, -0.15) is 0 Å². The highest BCUT2D eigenvalue weighted by atomic mass is 16.5. The molecule has 4 atom stereocenters. The Balaban J connectivity index is 2.04. The van der Waals surface area contributed by atoms with Crippen LogP contribution in [0.15, 0.2) is 12.4 Å². The van der Waals surface area contributed by atoms with Crippen LogP contribution in [0.2, 0.25) is 0 Å². The zero-order chi connectivity index (χ0) is 16.0. The smallest absolute Gasteiger partial charge is 0.323 e. The fraction of sp³-hybridized carbons (Fsp3) is 0.571. The standard InChI is InChI=1S/C14H18N4O4/c1-4-18-12(19)7-8(13(18)20)10(14(21)22-3)16-9(7)11-15-5-6-17(11)2/h5-10,16H,4H2,1-3H3/t7-,8+,9+,10-/m1/s1. The van der Waals surface area contributed by atoms with Crippen LogP contribution in [0.1, 0.15) is 18.8 Å². The number of carbonyl (C=O) groups excluding carboxylic acids is 3. The number of ether oxygens (including phenoxy) is 1. The highest BCUT2D eigenvalue weighted by molar-refractivity contribution is 6.08. The van der Waals surface area contributed by atoms with Gasteiger partial charge in [0.2, 0.25) is 11.8 Å². The molecule has 0 bridgehead atoms. The molecule has 1 N–H and O–H groups in total. The zero-order valence-electron chi connectivity index (χ0n) is 12.6. The van der Waals surface area contributed by atoms with E-state index in [1.54, 1.807) is 23.9 Å². The molecule has 0 radical (unpaired) electrons. The third-order valence-electron chi connectivity index (χ3n) is 4.47. The summed E-state index contributed by atoms with van der Waals surface area (Å²) >= 11 is 0. The van der Waals surface area contributed by atoms with Crippen LogP contribution in [0.5, 0.6) is 0 Å². The van der Waals surface area contributed by atoms with Crippen LogP contribution >= 0.6 is 0 Å². The molecule has 2 fully saturated rings. The molecule has 2 aliphatic rings. The number of imidazole rings is 1. The number of amides is 2. The van der Waals surface area contributed by atoms with Gasteiger partial charge >= 0.3 is 5.97 Å². The third-order valence-corrected chi connectivity index (χ3v) is 4.47. The fourth-order valence-corrected chi connectivity index (χ4v) is 3.44. The molecule has 0 aliphatic carbocycles. The van der Waals surface area contributed by atoms with Crippen molar-refractivity contribution < 1.29 is 19.1 Å². The predicted octanol–water partition coefficient (Wildman–Crippen LogP) is -0.773. The first-order valence-electron chi connectivity index (χ1n) is 7.17. The molecular formula is C14H18N4O4. The number of esters is 1. The maximum absolute atomic E-state index is 12.6. The van der Waals surface area contributed by atoms with Crippen molar-refractivity contribution in [2.45, 2.75) is 19.0 Å². The van der Waals surface area contributed by atoms with E-state index in [0.29, 0.717) is 12.4 Å². The summed E-state index contributed by atoms with van der Waals surface area (Å²) in [6, 6.07) is -1.31. The average molecular weight is 306 g/mol. The molecule has 1 aromatic rings. The van der Waals surface area contributed by atoms with Gasteiger partial charge in [-0.15, -0.1) is 0 Å². The fourth-order valence-electron chi connectivity index (χ4n) is 3.44. The number of aromatic nitrogens is 2. The van der Waals surface area contributed by atoms with E-state index in [2.05, 4.69) is 10.3 Å². The van der Waals surface area contributed by atoms with Crippen molar-refractivity contribution in [3.8, 4) is 0 Å². The van der Waals surface area contributed by atoms with Crippen molar-refractivity contribution >= 4 is 17.8 Å². The summed E-state index contributed by atoms with van der Waals surface area (Å²) in [5.74, 6) is -1.85. The molecule has 3 heterocycles.